The van der Waals surface area contributed by atoms with Crippen LogP contribution in [0, 0.1) is 13.8 Å². The summed E-state index contributed by atoms with van der Waals surface area (Å²) < 4.78 is 39.5. The summed E-state index contributed by atoms with van der Waals surface area (Å²) in [6.45, 7) is 3.47. The van der Waals surface area contributed by atoms with E-state index in [1.807, 2.05) is 0 Å². The fraction of sp³-hybridized carbons (Fsp3) is 0.214. The van der Waals surface area contributed by atoms with Gasteiger partial charge in [-0.05, 0) is 38.1 Å². The van der Waals surface area contributed by atoms with E-state index in [1.165, 1.54) is 6.07 Å². The molecule has 20 heavy (non-hydrogen) atoms. The zero-order valence-electron chi connectivity index (χ0n) is 10.8. The molecule has 0 N–H and O–H groups in total. The summed E-state index contributed by atoms with van der Waals surface area (Å²) in [5, 5.41) is -0.0147. The van der Waals surface area contributed by atoms with Crippen LogP contribution >= 0.6 is 11.6 Å². The Bertz CT molecular complexity index is 674. The van der Waals surface area contributed by atoms with E-state index in [0.717, 1.165) is 17.8 Å². The van der Waals surface area contributed by atoms with Gasteiger partial charge in [0.2, 0.25) is 0 Å². The highest BCUT2D eigenvalue weighted by Gasteiger charge is 2.31. The second-order valence-corrected chi connectivity index (χ2v) is 4.85. The molecule has 0 amide bonds. The van der Waals surface area contributed by atoms with E-state index in [9.17, 15) is 18.0 Å². The number of carbonyl (C=O) groups is 1. The Hall–Kier alpha value is -1.75. The average Bonchev–Trinajstić information content (AvgIpc) is 2.63. The quantitative estimate of drug-likeness (QED) is 0.744. The fourth-order valence-corrected chi connectivity index (χ4v) is 2.41. The molecule has 2 rings (SSSR count). The van der Waals surface area contributed by atoms with Gasteiger partial charge in [-0.25, -0.2) is 0 Å². The number of hydrogen-bond acceptors (Lipinski definition) is 1. The molecule has 0 saturated carbocycles. The summed E-state index contributed by atoms with van der Waals surface area (Å²) in [6.07, 6.45) is -3.73. The second kappa shape index (κ2) is 4.98. The van der Waals surface area contributed by atoms with Gasteiger partial charge in [0.1, 0.15) is 0 Å². The van der Waals surface area contributed by atoms with Gasteiger partial charge >= 0.3 is 6.18 Å². The largest absolute Gasteiger partial charge is 0.416 e. The molecule has 0 spiro atoms. The van der Waals surface area contributed by atoms with E-state index < -0.39 is 11.7 Å². The highest BCUT2D eigenvalue weighted by molar-refractivity contribution is 6.32. The summed E-state index contributed by atoms with van der Waals surface area (Å²) in [7, 11) is 0. The van der Waals surface area contributed by atoms with Crippen LogP contribution in [-0.2, 0) is 6.18 Å². The van der Waals surface area contributed by atoms with Crippen molar-refractivity contribution in [3.05, 3.63) is 51.8 Å². The van der Waals surface area contributed by atoms with Crippen molar-refractivity contribution in [1.29, 1.82) is 0 Å². The molecule has 2 aromatic rings. The van der Waals surface area contributed by atoms with Crippen molar-refractivity contribution in [3.63, 3.8) is 0 Å². The van der Waals surface area contributed by atoms with Gasteiger partial charge < -0.3 is 4.57 Å². The predicted octanol–water partition coefficient (Wildman–Crippen LogP) is 4.58. The molecule has 6 heteroatoms. The number of hydrogen-bond donors (Lipinski definition) is 0. The number of benzene rings is 1. The molecule has 1 heterocycles. The van der Waals surface area contributed by atoms with Gasteiger partial charge in [-0.3, -0.25) is 4.79 Å². The van der Waals surface area contributed by atoms with Crippen LogP contribution in [-0.4, -0.2) is 10.9 Å². The third-order valence-corrected chi connectivity index (χ3v) is 3.42. The summed E-state index contributed by atoms with van der Waals surface area (Å²) in [5.41, 5.74) is 1.47. The molecular formula is C14H11ClF3NO. The number of rotatable bonds is 2. The molecular weight excluding hydrogens is 291 g/mol. The molecule has 0 aliphatic heterocycles. The van der Waals surface area contributed by atoms with E-state index in [0.29, 0.717) is 23.2 Å². The Morgan fingerprint density at radius 1 is 1.20 bits per heavy atom. The highest BCUT2D eigenvalue weighted by atomic mass is 35.5. The highest BCUT2D eigenvalue weighted by Crippen LogP contribution is 2.34. The van der Waals surface area contributed by atoms with Crippen molar-refractivity contribution in [2.45, 2.75) is 20.0 Å². The topological polar surface area (TPSA) is 22.0 Å². The number of nitrogens with zero attached hydrogens (tertiary/aromatic N) is 1. The average molecular weight is 302 g/mol. The monoisotopic (exact) mass is 301 g/mol. The van der Waals surface area contributed by atoms with Crippen molar-refractivity contribution in [2.24, 2.45) is 0 Å². The minimum absolute atomic E-state index is 0.0147. The van der Waals surface area contributed by atoms with Gasteiger partial charge in [-0.1, -0.05) is 11.6 Å². The summed E-state index contributed by atoms with van der Waals surface area (Å²) in [6, 6.07) is 4.83. The number of halogens is 4. The van der Waals surface area contributed by atoms with Crippen LogP contribution in [0.1, 0.15) is 27.3 Å². The van der Waals surface area contributed by atoms with Crippen LogP contribution < -0.4 is 0 Å². The lowest BCUT2D eigenvalue weighted by atomic mass is 10.2. The van der Waals surface area contributed by atoms with E-state index in [4.69, 9.17) is 11.6 Å². The van der Waals surface area contributed by atoms with Crippen molar-refractivity contribution >= 4 is 17.9 Å². The number of aromatic nitrogens is 1. The molecule has 0 fully saturated rings. The van der Waals surface area contributed by atoms with Crippen molar-refractivity contribution < 1.29 is 18.0 Å². The van der Waals surface area contributed by atoms with Gasteiger partial charge in [-0.2, -0.15) is 13.2 Å². The lowest BCUT2D eigenvalue weighted by Crippen LogP contribution is -2.07. The van der Waals surface area contributed by atoms with Gasteiger partial charge in [0, 0.05) is 17.0 Å². The minimum atomic E-state index is -4.43. The molecule has 0 atom stereocenters. The lowest BCUT2D eigenvalue weighted by Gasteiger charge is -2.14. The summed E-state index contributed by atoms with van der Waals surface area (Å²) in [5.74, 6) is 0. The van der Waals surface area contributed by atoms with Gasteiger partial charge in [0.25, 0.3) is 0 Å². The predicted molar refractivity (Wildman–Crippen MR) is 70.6 cm³/mol. The molecule has 2 nitrogen and oxygen atoms in total. The maximum Gasteiger partial charge on any atom is 0.416 e. The maximum atomic E-state index is 12.6. The van der Waals surface area contributed by atoms with E-state index in [1.54, 1.807) is 24.5 Å². The first kappa shape index (κ1) is 14.7. The number of aryl methyl sites for hydroxylation is 1. The molecule has 0 saturated heterocycles. The smallest absolute Gasteiger partial charge is 0.316 e. The molecule has 106 valence electrons. The first-order chi connectivity index (χ1) is 9.25. The zero-order valence-corrected chi connectivity index (χ0v) is 11.5. The van der Waals surface area contributed by atoms with Crippen molar-refractivity contribution in [3.8, 4) is 5.69 Å². The lowest BCUT2D eigenvalue weighted by molar-refractivity contribution is -0.137. The Kier molecular flexibility index (Phi) is 3.65. The zero-order chi connectivity index (χ0) is 15.1. The second-order valence-electron chi connectivity index (χ2n) is 4.44. The molecule has 1 aromatic heterocycles. The number of aldehydes is 1. The van der Waals surface area contributed by atoms with Gasteiger partial charge in [0.15, 0.2) is 6.29 Å². The first-order valence-corrected chi connectivity index (χ1v) is 6.14. The van der Waals surface area contributed by atoms with Crippen molar-refractivity contribution in [2.75, 3.05) is 0 Å². The number of alkyl halides is 3. The van der Waals surface area contributed by atoms with Gasteiger partial charge in [0.05, 0.1) is 16.3 Å². The first-order valence-electron chi connectivity index (χ1n) is 5.77. The molecule has 0 aliphatic rings. The van der Waals surface area contributed by atoms with Crippen molar-refractivity contribution in [1.82, 2.24) is 4.57 Å². The van der Waals surface area contributed by atoms with Crippen LogP contribution in [0.5, 0.6) is 0 Å². The maximum absolute atomic E-state index is 12.6. The number of carbonyl (C=O) groups excluding carboxylic acids is 1. The Morgan fingerprint density at radius 3 is 2.30 bits per heavy atom. The summed E-state index contributed by atoms with van der Waals surface area (Å²) >= 11 is 5.96. The third kappa shape index (κ3) is 2.45. The molecule has 0 unspecified atom stereocenters. The van der Waals surface area contributed by atoms with E-state index >= 15 is 0 Å². The Labute approximate surface area is 118 Å². The van der Waals surface area contributed by atoms with E-state index in [2.05, 4.69) is 0 Å². The fourth-order valence-electron chi connectivity index (χ4n) is 2.14. The van der Waals surface area contributed by atoms with Crippen LogP contribution in [0.2, 0.25) is 5.02 Å². The normalized spacial score (nSPS) is 11.7. The van der Waals surface area contributed by atoms with Crippen LogP contribution in [0.15, 0.2) is 24.3 Å². The Morgan fingerprint density at radius 2 is 1.85 bits per heavy atom. The molecule has 0 aliphatic carbocycles. The Balaban J connectivity index is 2.60. The SMILES string of the molecule is Cc1cc(C=O)c(C)n1-c1ccc(C(F)(F)F)cc1Cl. The van der Waals surface area contributed by atoms with Crippen LogP contribution in [0.25, 0.3) is 5.69 Å². The minimum Gasteiger partial charge on any atom is -0.316 e. The third-order valence-electron chi connectivity index (χ3n) is 3.11. The molecule has 0 radical (unpaired) electrons. The van der Waals surface area contributed by atoms with E-state index in [-0.39, 0.29) is 5.02 Å². The van der Waals surface area contributed by atoms with Gasteiger partial charge in [-0.15, -0.1) is 0 Å². The summed E-state index contributed by atoms with van der Waals surface area (Å²) in [4.78, 5) is 10.9. The van der Waals surface area contributed by atoms with Crippen LogP contribution in [0.3, 0.4) is 0 Å². The standard InChI is InChI=1S/C14H11ClF3NO/c1-8-5-10(7-20)9(2)19(8)13-4-3-11(6-12(13)15)14(16,17)18/h3-7H,1-2H3. The van der Waals surface area contributed by atoms with Crippen LogP contribution in [0.4, 0.5) is 13.2 Å². The molecule has 1 aromatic carbocycles. The molecule has 0 bridgehead atoms.